The highest BCUT2D eigenvalue weighted by Gasteiger charge is 2.40. The van der Waals surface area contributed by atoms with Crippen LogP contribution in [-0.2, 0) is 147 Å². The van der Waals surface area contributed by atoms with Crippen molar-refractivity contribution in [2.75, 3.05) is 0 Å². The van der Waals surface area contributed by atoms with Crippen LogP contribution in [0.25, 0.3) is 0 Å². The van der Waals surface area contributed by atoms with Crippen LogP contribution in [0.3, 0.4) is 0 Å². The van der Waals surface area contributed by atoms with Gasteiger partial charge in [0.15, 0.2) is 50.6 Å². The molecule has 0 aromatic carbocycles. The average Bonchev–Trinajstić information content (AvgIpc) is 0.826. The van der Waals surface area contributed by atoms with Gasteiger partial charge >= 0.3 is 85.1 Å². The van der Waals surface area contributed by atoms with Crippen molar-refractivity contribution in [2.24, 2.45) is 0 Å². The fourth-order valence-corrected chi connectivity index (χ4v) is 10.6. The quantitative estimate of drug-likeness (QED) is 0.0309. The van der Waals surface area contributed by atoms with Crippen molar-refractivity contribution < 1.29 is 153 Å². The van der Waals surface area contributed by atoms with Crippen LogP contribution in [0.15, 0.2) is 22.1 Å². The SMILES string of the molecule is CCc1[o+]c(CC)c(C)c(CC)c1C.CCc1[o+]c(CC)c(C)c(CC)c1C.CCc1[o+]c(CC)c(C)c(CC)c1C.CCc1[o+]c(CC)c(C)c(CC)c1C.CCc1[o+]c(CC)c(C)c(CC)c1C.II.O=S(=O)([O-])C(F)(F)F.O=S(=O)([O-])C(F)(F)F.O=S(=O)([O-])C(F)(F)F.O=S(=O)([O-])C(F)(F)F.O=S(=O)([O-])C(F)(F)F. The maximum atomic E-state index is 10.7. The zero-order chi connectivity index (χ0) is 90.6. The zero-order valence-electron chi connectivity index (χ0n) is 67.2. The highest BCUT2D eigenvalue weighted by molar-refractivity contribution is 15.0. The first kappa shape index (κ1) is 119. The minimum absolute atomic E-state index is 0.992. The van der Waals surface area contributed by atoms with Crippen LogP contribution < -0.4 is 0 Å². The minimum atomic E-state index is -6.09. The van der Waals surface area contributed by atoms with Crippen molar-refractivity contribution >= 4 is 87.8 Å². The summed E-state index contributed by atoms with van der Waals surface area (Å²) in [6.07, 6.45) is 15.4. The van der Waals surface area contributed by atoms with Crippen LogP contribution in [0, 0.1) is 69.2 Å². The van der Waals surface area contributed by atoms with E-state index in [2.05, 4.69) is 210 Å². The Labute approximate surface area is 673 Å². The van der Waals surface area contributed by atoms with Crippen molar-refractivity contribution in [3.05, 3.63) is 141 Å². The predicted octanol–water partition coefficient (Wildman–Crippen LogP) is 21.4. The molecule has 5 aromatic rings. The first-order chi connectivity index (χ1) is 50.5. The summed E-state index contributed by atoms with van der Waals surface area (Å²) in [5, 5.41) is 0. The normalized spacial score (nSPS) is 11.7. The minimum Gasteiger partial charge on any atom is -0.741 e. The number of aryl methyl sites for hydroxylation is 10. The van der Waals surface area contributed by atoms with E-state index in [1.165, 1.54) is 83.5 Å². The number of alkyl halides is 15. The molecule has 112 heavy (non-hydrogen) atoms. The van der Waals surface area contributed by atoms with Gasteiger partial charge in [-0.1, -0.05) is 104 Å². The second-order valence-corrected chi connectivity index (χ2v) is 30.0. The van der Waals surface area contributed by atoms with Crippen LogP contribution in [0.5, 0.6) is 0 Å². The Hall–Kier alpha value is -4.29. The Morgan fingerprint density at radius 1 is 0.205 bits per heavy atom. The molecule has 0 aliphatic rings. The lowest BCUT2D eigenvalue weighted by Gasteiger charge is -2.08. The fourth-order valence-electron chi connectivity index (χ4n) is 10.6. The van der Waals surface area contributed by atoms with Crippen molar-refractivity contribution in [3.8, 4) is 0 Å². The molecule has 0 N–H and O–H groups in total. The molecule has 0 unspecified atom stereocenters. The molecule has 5 heterocycles. The number of halogens is 17. The van der Waals surface area contributed by atoms with Gasteiger partial charge in [-0.15, -0.1) is 0 Å². The molecule has 0 aliphatic heterocycles. The van der Waals surface area contributed by atoms with E-state index in [0.717, 1.165) is 154 Å². The molecule has 0 saturated heterocycles. The molecule has 42 heteroatoms. The summed E-state index contributed by atoms with van der Waals surface area (Å²) in [5.74, 6) is 11.6. The van der Waals surface area contributed by atoms with Gasteiger partial charge in [-0.05, 0) is 129 Å². The topological polar surface area (TPSA) is 342 Å². The number of hydrogen-bond acceptors (Lipinski definition) is 15. The van der Waals surface area contributed by atoms with Crippen molar-refractivity contribution in [3.63, 3.8) is 0 Å². The maximum Gasteiger partial charge on any atom is 0.485 e. The van der Waals surface area contributed by atoms with Gasteiger partial charge in [0.25, 0.3) is 0 Å². The van der Waals surface area contributed by atoms with E-state index < -0.39 is 78.1 Å². The van der Waals surface area contributed by atoms with Gasteiger partial charge in [0.2, 0.25) is 0 Å². The van der Waals surface area contributed by atoms with Gasteiger partial charge in [-0.2, -0.15) is 65.9 Å². The third kappa shape index (κ3) is 39.8. The molecule has 5 aromatic heterocycles. The standard InChI is InChI=1S/5C13H21O.5CHF3O3S.I2/c5*1-6-11-9(4)12(7-2)14-13(8-3)10(11)5;5*2-1(3,4)8(5,6)7;1-2/h5*6-8H2,1-5H3;5*(H,5,6,7);/q5*+1;;;;;;/p-5. The van der Waals surface area contributed by atoms with Gasteiger partial charge in [-0.3, -0.25) is 0 Å². The zero-order valence-corrected chi connectivity index (χ0v) is 75.6. The Bertz CT molecular complexity index is 3550. The van der Waals surface area contributed by atoms with Gasteiger partial charge in [-0.25, -0.2) is 64.2 Å². The molecule has 0 fully saturated rings. The lowest BCUT2D eigenvalue weighted by molar-refractivity contribution is -0.0522. The van der Waals surface area contributed by atoms with E-state index in [4.69, 9.17) is 86.9 Å². The van der Waals surface area contributed by atoms with Crippen molar-refractivity contribution in [1.29, 1.82) is 0 Å². The van der Waals surface area contributed by atoms with E-state index in [1.807, 2.05) is 0 Å². The molecule has 0 radical (unpaired) electrons. The smallest absolute Gasteiger partial charge is 0.485 e. The summed E-state index contributed by atoms with van der Waals surface area (Å²) in [6.45, 7) is 54.4. The van der Waals surface area contributed by atoms with Crippen molar-refractivity contribution in [1.82, 2.24) is 0 Å². The summed E-state index contributed by atoms with van der Waals surface area (Å²) < 4.78 is 324. The summed E-state index contributed by atoms with van der Waals surface area (Å²) in [6, 6.07) is 0. The molecule has 0 atom stereocenters. The van der Waals surface area contributed by atoms with Crippen LogP contribution in [0.1, 0.15) is 245 Å². The highest BCUT2D eigenvalue weighted by Crippen LogP contribution is 2.30. The molecular formula is C70H105F15I2O20S5. The first-order valence-corrected chi connectivity index (χ1v) is 47.8. The summed E-state index contributed by atoms with van der Waals surface area (Å²) in [4.78, 5) is 0. The molecule has 654 valence electrons. The third-order valence-electron chi connectivity index (χ3n) is 16.3. The first-order valence-electron chi connectivity index (χ1n) is 34.4. The predicted molar refractivity (Wildman–Crippen MR) is 410 cm³/mol. The third-order valence-corrected chi connectivity index (χ3v) is 19.2. The highest BCUT2D eigenvalue weighted by atomic mass is 128. The second kappa shape index (κ2) is 52.5. The Morgan fingerprint density at radius 2 is 0.268 bits per heavy atom. The van der Waals surface area contributed by atoms with Crippen molar-refractivity contribution in [2.45, 2.75) is 297 Å². The summed E-state index contributed by atoms with van der Waals surface area (Å²) in [5.41, 5.74) is -7.33. The largest absolute Gasteiger partial charge is 0.741 e. The Balaban J connectivity index is -0.000000281. The second-order valence-electron chi connectivity index (χ2n) is 23.2. The molecule has 0 saturated carbocycles. The summed E-state index contributed by atoms with van der Waals surface area (Å²) in [7, 11) is -30.5. The molecular weight excluding hydrogens is 1860 g/mol. The van der Waals surface area contributed by atoms with E-state index in [1.54, 1.807) is 0 Å². The van der Waals surface area contributed by atoms with Gasteiger partial charge < -0.3 is 22.8 Å². The van der Waals surface area contributed by atoms with Crippen LogP contribution >= 0.6 is 37.2 Å². The molecule has 0 amide bonds. The molecule has 0 spiro atoms. The van der Waals surface area contributed by atoms with E-state index in [9.17, 15) is 65.9 Å². The molecule has 0 aliphatic carbocycles. The van der Waals surface area contributed by atoms with Crippen LogP contribution in [0.2, 0.25) is 0 Å². The number of hydrogen-bond donors (Lipinski definition) is 0. The molecule has 0 bridgehead atoms. The Morgan fingerprint density at radius 3 is 0.304 bits per heavy atom. The summed E-state index contributed by atoms with van der Waals surface area (Å²) >= 11 is 4.24. The van der Waals surface area contributed by atoms with Gasteiger partial charge in [0, 0.05) is 37.2 Å². The lowest BCUT2D eigenvalue weighted by atomic mass is 9.98. The number of rotatable bonds is 15. The molecule has 20 nitrogen and oxygen atoms in total. The van der Waals surface area contributed by atoms with Crippen LogP contribution in [0.4, 0.5) is 65.9 Å². The molecule has 5 rings (SSSR count). The van der Waals surface area contributed by atoms with Gasteiger partial charge in [0.05, 0.1) is 120 Å². The monoisotopic (exact) mass is 1960 g/mol. The van der Waals surface area contributed by atoms with E-state index in [0.29, 0.717) is 0 Å². The van der Waals surface area contributed by atoms with E-state index >= 15 is 0 Å². The maximum absolute atomic E-state index is 10.7. The van der Waals surface area contributed by atoms with Crippen LogP contribution in [-0.4, -0.2) is 92.4 Å². The lowest BCUT2D eigenvalue weighted by Crippen LogP contribution is -2.21. The van der Waals surface area contributed by atoms with E-state index in [-0.39, 0.29) is 0 Å². The van der Waals surface area contributed by atoms with Gasteiger partial charge in [0.1, 0.15) is 0 Å². The Kier molecular flexibility index (Phi) is 55.6. The fraction of sp³-hybridized carbons (Fsp3) is 0.643. The average molecular weight is 1970 g/mol.